The highest BCUT2D eigenvalue weighted by Gasteiger charge is 2.15. The lowest BCUT2D eigenvalue weighted by molar-refractivity contribution is -0.131. The molecule has 1 aliphatic heterocycles. The fraction of sp³-hybridized carbons (Fsp3) is 0.700. The van der Waals surface area contributed by atoms with Crippen molar-refractivity contribution in [3.63, 3.8) is 0 Å². The highest BCUT2D eigenvalue weighted by molar-refractivity contribution is 5.79. The van der Waals surface area contributed by atoms with E-state index < -0.39 is 5.97 Å². The Balaban J connectivity index is 2.28. The molecule has 0 bridgehead atoms. The van der Waals surface area contributed by atoms with Crippen molar-refractivity contribution in [2.45, 2.75) is 19.8 Å². The highest BCUT2D eigenvalue weighted by atomic mass is 16.4. The maximum atomic E-state index is 10.3. The van der Waals surface area contributed by atoms with Gasteiger partial charge >= 0.3 is 5.97 Å². The molecule has 0 aromatic heterocycles. The number of likely N-dealkylation sites (tertiary alicyclic amines) is 1. The first-order chi connectivity index (χ1) is 6.22. The maximum Gasteiger partial charge on any atom is 0.327 e. The predicted octanol–water partition coefficient (Wildman–Crippen LogP) is 1.36. The molecule has 0 aromatic carbocycles. The van der Waals surface area contributed by atoms with Gasteiger partial charge in [-0.05, 0) is 38.4 Å². The molecular weight excluding hydrogens is 166 g/mol. The third-order valence-electron chi connectivity index (χ3n) is 2.59. The number of piperidine rings is 1. The first-order valence-electron chi connectivity index (χ1n) is 4.86. The van der Waals surface area contributed by atoms with Gasteiger partial charge in [-0.2, -0.15) is 0 Å². The Bertz CT molecular complexity index is 193. The summed E-state index contributed by atoms with van der Waals surface area (Å²) in [5.41, 5.74) is 0. The summed E-state index contributed by atoms with van der Waals surface area (Å²) in [5.74, 6) is -0.364. The Hall–Kier alpha value is -0.830. The number of allylic oxidation sites excluding steroid dienone is 1. The molecular formula is C10H17NO2. The minimum Gasteiger partial charge on any atom is -0.478 e. The van der Waals surface area contributed by atoms with Crippen molar-refractivity contribution in [3.8, 4) is 0 Å². The molecule has 3 nitrogen and oxygen atoms in total. The SMILES string of the molecule is CCN1CCC(/C=C\C(=O)O)CC1. The molecule has 0 aliphatic carbocycles. The molecule has 0 amide bonds. The molecule has 1 saturated heterocycles. The molecule has 1 fully saturated rings. The molecule has 13 heavy (non-hydrogen) atoms. The van der Waals surface area contributed by atoms with E-state index in [4.69, 9.17) is 5.11 Å². The van der Waals surface area contributed by atoms with Crippen LogP contribution < -0.4 is 0 Å². The lowest BCUT2D eigenvalue weighted by Crippen LogP contribution is -2.32. The Morgan fingerprint density at radius 3 is 2.62 bits per heavy atom. The number of hydrogen-bond donors (Lipinski definition) is 1. The summed E-state index contributed by atoms with van der Waals surface area (Å²) in [6, 6.07) is 0. The molecule has 1 rings (SSSR count). The quantitative estimate of drug-likeness (QED) is 0.672. The molecule has 0 atom stereocenters. The lowest BCUT2D eigenvalue weighted by Gasteiger charge is -2.29. The molecule has 0 unspecified atom stereocenters. The Morgan fingerprint density at radius 1 is 1.54 bits per heavy atom. The Kier molecular flexibility index (Phi) is 3.96. The molecule has 3 heteroatoms. The van der Waals surface area contributed by atoms with Crippen LogP contribution in [0.5, 0.6) is 0 Å². The van der Waals surface area contributed by atoms with Gasteiger partial charge in [0.05, 0.1) is 0 Å². The Labute approximate surface area is 79.0 Å². The summed E-state index contributed by atoms with van der Waals surface area (Å²) in [6.07, 6.45) is 5.29. The van der Waals surface area contributed by atoms with Crippen LogP contribution in [0.2, 0.25) is 0 Å². The first kappa shape index (κ1) is 10.3. The van der Waals surface area contributed by atoms with Gasteiger partial charge in [-0.15, -0.1) is 0 Å². The number of carboxylic acid groups (broad SMARTS) is 1. The summed E-state index contributed by atoms with van der Waals surface area (Å²) in [5, 5.41) is 8.45. The van der Waals surface area contributed by atoms with Crippen LogP contribution >= 0.6 is 0 Å². The van der Waals surface area contributed by atoms with Gasteiger partial charge in [-0.1, -0.05) is 13.0 Å². The summed E-state index contributed by atoms with van der Waals surface area (Å²) >= 11 is 0. The zero-order valence-electron chi connectivity index (χ0n) is 8.07. The molecule has 0 saturated carbocycles. The zero-order chi connectivity index (χ0) is 9.68. The van der Waals surface area contributed by atoms with Crippen LogP contribution in [0, 0.1) is 5.92 Å². The van der Waals surface area contributed by atoms with Gasteiger partial charge in [0, 0.05) is 6.08 Å². The molecule has 1 N–H and O–H groups in total. The summed E-state index contributed by atoms with van der Waals surface area (Å²) < 4.78 is 0. The van der Waals surface area contributed by atoms with E-state index in [2.05, 4.69) is 11.8 Å². The monoisotopic (exact) mass is 183 g/mol. The fourth-order valence-corrected chi connectivity index (χ4v) is 1.68. The standard InChI is InChI=1S/C10H17NO2/c1-2-11-7-5-9(6-8-11)3-4-10(12)13/h3-4,9H,2,5-8H2,1H3,(H,12,13)/b4-3-. The van der Waals surface area contributed by atoms with Crippen molar-refractivity contribution >= 4 is 5.97 Å². The third kappa shape index (κ3) is 3.59. The first-order valence-corrected chi connectivity index (χ1v) is 4.86. The average molecular weight is 183 g/mol. The smallest absolute Gasteiger partial charge is 0.327 e. The average Bonchev–Trinajstić information content (AvgIpc) is 2.15. The van der Waals surface area contributed by atoms with Crippen LogP contribution in [0.4, 0.5) is 0 Å². The highest BCUT2D eigenvalue weighted by Crippen LogP contribution is 2.17. The van der Waals surface area contributed by atoms with Crippen LogP contribution in [-0.4, -0.2) is 35.6 Å². The second-order valence-electron chi connectivity index (χ2n) is 3.47. The predicted molar refractivity (Wildman–Crippen MR) is 51.6 cm³/mol. The summed E-state index contributed by atoms with van der Waals surface area (Å²) in [4.78, 5) is 12.7. The maximum absolute atomic E-state index is 10.3. The van der Waals surface area contributed by atoms with Crippen molar-refractivity contribution in [1.29, 1.82) is 0 Å². The van der Waals surface area contributed by atoms with Crippen molar-refractivity contribution < 1.29 is 9.90 Å². The molecule has 0 aromatic rings. The lowest BCUT2D eigenvalue weighted by atomic mass is 9.96. The molecule has 1 heterocycles. The van der Waals surface area contributed by atoms with Gasteiger partial charge in [0.15, 0.2) is 0 Å². The minimum atomic E-state index is -0.835. The van der Waals surface area contributed by atoms with E-state index in [9.17, 15) is 4.79 Å². The van der Waals surface area contributed by atoms with Gasteiger partial charge in [0.25, 0.3) is 0 Å². The number of aliphatic carboxylic acids is 1. The molecule has 74 valence electrons. The van der Waals surface area contributed by atoms with Gasteiger partial charge in [-0.3, -0.25) is 0 Å². The summed E-state index contributed by atoms with van der Waals surface area (Å²) in [7, 11) is 0. The number of carbonyl (C=O) groups is 1. The van der Waals surface area contributed by atoms with E-state index in [1.807, 2.05) is 6.08 Å². The summed E-state index contributed by atoms with van der Waals surface area (Å²) in [6.45, 7) is 5.47. The van der Waals surface area contributed by atoms with Gasteiger partial charge < -0.3 is 10.0 Å². The van der Waals surface area contributed by atoms with E-state index in [-0.39, 0.29) is 0 Å². The second-order valence-corrected chi connectivity index (χ2v) is 3.47. The second kappa shape index (κ2) is 5.02. The molecule has 1 aliphatic rings. The van der Waals surface area contributed by atoms with Crippen LogP contribution in [0.3, 0.4) is 0 Å². The van der Waals surface area contributed by atoms with E-state index in [1.54, 1.807) is 0 Å². The number of carboxylic acids is 1. The Morgan fingerprint density at radius 2 is 2.15 bits per heavy atom. The molecule has 0 radical (unpaired) electrons. The van der Waals surface area contributed by atoms with E-state index in [0.29, 0.717) is 5.92 Å². The van der Waals surface area contributed by atoms with Crippen molar-refractivity contribution in [2.75, 3.05) is 19.6 Å². The van der Waals surface area contributed by atoms with Crippen molar-refractivity contribution in [2.24, 2.45) is 5.92 Å². The van der Waals surface area contributed by atoms with E-state index in [1.165, 1.54) is 6.08 Å². The van der Waals surface area contributed by atoms with Crippen LogP contribution in [-0.2, 0) is 4.79 Å². The van der Waals surface area contributed by atoms with E-state index >= 15 is 0 Å². The van der Waals surface area contributed by atoms with Gasteiger partial charge in [-0.25, -0.2) is 4.79 Å². The fourth-order valence-electron chi connectivity index (χ4n) is 1.68. The van der Waals surface area contributed by atoms with Crippen LogP contribution in [0.15, 0.2) is 12.2 Å². The third-order valence-corrected chi connectivity index (χ3v) is 2.59. The number of rotatable bonds is 3. The zero-order valence-corrected chi connectivity index (χ0v) is 8.07. The van der Waals surface area contributed by atoms with Crippen molar-refractivity contribution in [1.82, 2.24) is 4.90 Å². The largest absolute Gasteiger partial charge is 0.478 e. The number of hydrogen-bond acceptors (Lipinski definition) is 2. The van der Waals surface area contributed by atoms with Crippen LogP contribution in [0.25, 0.3) is 0 Å². The van der Waals surface area contributed by atoms with E-state index in [0.717, 1.165) is 32.5 Å². The molecule has 0 spiro atoms. The normalized spacial score (nSPS) is 21.0. The number of nitrogens with zero attached hydrogens (tertiary/aromatic N) is 1. The van der Waals surface area contributed by atoms with Gasteiger partial charge in [0.2, 0.25) is 0 Å². The van der Waals surface area contributed by atoms with Gasteiger partial charge in [0.1, 0.15) is 0 Å². The van der Waals surface area contributed by atoms with Crippen LogP contribution in [0.1, 0.15) is 19.8 Å². The van der Waals surface area contributed by atoms with Crippen molar-refractivity contribution in [3.05, 3.63) is 12.2 Å². The topological polar surface area (TPSA) is 40.5 Å². The minimum absolute atomic E-state index is 0.471.